The quantitative estimate of drug-likeness (QED) is 0.536. The average molecular weight is 419 g/mol. The fraction of sp³-hybridized carbons (Fsp3) is 0.684. The van der Waals surface area contributed by atoms with Gasteiger partial charge in [-0.15, -0.1) is 0 Å². The van der Waals surface area contributed by atoms with E-state index in [9.17, 15) is 8.42 Å². The summed E-state index contributed by atoms with van der Waals surface area (Å²) in [7, 11) is 2.05. The van der Waals surface area contributed by atoms with Crippen molar-refractivity contribution in [3.63, 3.8) is 0 Å². The van der Waals surface area contributed by atoms with Crippen molar-refractivity contribution in [1.82, 2.24) is 0 Å². The van der Waals surface area contributed by atoms with Crippen LogP contribution in [0.4, 0.5) is 0 Å². The second kappa shape index (κ2) is 9.30. The Morgan fingerprint density at radius 1 is 1.04 bits per heavy atom. The Morgan fingerprint density at radius 2 is 1.64 bits per heavy atom. The monoisotopic (exact) mass is 418 g/mol. The van der Waals surface area contributed by atoms with E-state index in [0.29, 0.717) is 30.1 Å². The van der Waals surface area contributed by atoms with Gasteiger partial charge in [0.05, 0.1) is 27.4 Å². The Kier molecular flexibility index (Phi) is 7.55. The van der Waals surface area contributed by atoms with Gasteiger partial charge in [0.2, 0.25) is 15.6 Å². The molecule has 2 rings (SSSR count). The standard InChI is InChI=1S/C19H30O8S/c1-7-19(25-6,26-8-2)28(20,21)17-10-9-14(27-17)13-11-15(22-3)18(24-5)16(12-13)23-4/h11-12,14,17H,7-10H2,1-6H3. The van der Waals surface area contributed by atoms with Gasteiger partial charge in [0.15, 0.2) is 16.9 Å². The minimum absolute atomic E-state index is 0.161. The number of methoxy groups -OCH3 is 4. The van der Waals surface area contributed by atoms with Crippen LogP contribution in [0, 0.1) is 0 Å². The van der Waals surface area contributed by atoms with E-state index in [1.807, 2.05) is 0 Å². The highest BCUT2D eigenvalue weighted by Crippen LogP contribution is 2.45. The van der Waals surface area contributed by atoms with Gasteiger partial charge in [0.1, 0.15) is 0 Å². The highest BCUT2D eigenvalue weighted by atomic mass is 32.2. The number of sulfone groups is 1. The molecule has 1 saturated heterocycles. The summed E-state index contributed by atoms with van der Waals surface area (Å²) in [5.41, 5.74) is -0.272. The molecular formula is C19H30O8S. The van der Waals surface area contributed by atoms with Crippen molar-refractivity contribution in [2.75, 3.05) is 35.0 Å². The van der Waals surface area contributed by atoms with Crippen molar-refractivity contribution in [3.05, 3.63) is 17.7 Å². The summed E-state index contributed by atoms with van der Waals surface area (Å²) in [6.45, 7) is 3.65. The molecule has 1 aliphatic heterocycles. The topological polar surface area (TPSA) is 89.5 Å². The second-order valence-corrected chi connectivity index (χ2v) is 8.55. The second-order valence-electron chi connectivity index (χ2n) is 6.31. The van der Waals surface area contributed by atoms with E-state index in [0.717, 1.165) is 5.56 Å². The van der Waals surface area contributed by atoms with Gasteiger partial charge in [0.25, 0.3) is 5.12 Å². The Labute approximate surface area is 166 Å². The summed E-state index contributed by atoms with van der Waals surface area (Å²) in [6.07, 6.45) is 0.593. The SMILES string of the molecule is CCOC(CC)(OC)S(=O)(=O)C1CCC(c2cc(OC)c(OC)c(OC)c2)O1. The predicted octanol–water partition coefficient (Wildman–Crippen LogP) is 3.05. The Hall–Kier alpha value is -1.55. The molecule has 0 saturated carbocycles. The van der Waals surface area contributed by atoms with E-state index < -0.39 is 26.5 Å². The fourth-order valence-corrected chi connectivity index (χ4v) is 5.54. The van der Waals surface area contributed by atoms with E-state index in [1.165, 1.54) is 28.4 Å². The molecule has 0 radical (unpaired) electrons. The zero-order valence-electron chi connectivity index (χ0n) is 17.3. The average Bonchev–Trinajstić information content (AvgIpc) is 3.21. The van der Waals surface area contributed by atoms with Gasteiger partial charge in [-0.1, -0.05) is 6.92 Å². The first-order valence-corrected chi connectivity index (χ1v) is 10.8. The third kappa shape index (κ3) is 3.94. The van der Waals surface area contributed by atoms with Crippen LogP contribution >= 0.6 is 0 Å². The van der Waals surface area contributed by atoms with Crippen LogP contribution in [0.3, 0.4) is 0 Å². The molecule has 8 nitrogen and oxygen atoms in total. The maximum atomic E-state index is 13.2. The van der Waals surface area contributed by atoms with Gasteiger partial charge in [0, 0.05) is 20.1 Å². The smallest absolute Gasteiger partial charge is 0.276 e. The van der Waals surface area contributed by atoms with Gasteiger partial charge in [-0.2, -0.15) is 0 Å². The molecule has 160 valence electrons. The van der Waals surface area contributed by atoms with Crippen LogP contribution in [-0.4, -0.2) is 54.0 Å². The molecule has 3 unspecified atom stereocenters. The van der Waals surface area contributed by atoms with Crippen molar-refractivity contribution in [3.8, 4) is 17.2 Å². The fourth-order valence-electron chi connectivity index (χ4n) is 3.49. The lowest BCUT2D eigenvalue weighted by molar-refractivity contribution is -0.160. The van der Waals surface area contributed by atoms with Gasteiger partial charge in [-0.25, -0.2) is 8.42 Å². The van der Waals surface area contributed by atoms with Crippen LogP contribution in [0.2, 0.25) is 0 Å². The van der Waals surface area contributed by atoms with Crippen LogP contribution in [0.5, 0.6) is 17.2 Å². The van der Waals surface area contributed by atoms with E-state index in [2.05, 4.69) is 0 Å². The predicted molar refractivity (Wildman–Crippen MR) is 104 cm³/mol. The minimum atomic E-state index is -3.86. The zero-order chi connectivity index (χ0) is 20.9. The highest BCUT2D eigenvalue weighted by molar-refractivity contribution is 7.92. The molecule has 3 atom stereocenters. The molecule has 0 bridgehead atoms. The molecule has 0 amide bonds. The first-order chi connectivity index (χ1) is 13.3. The van der Waals surface area contributed by atoms with Gasteiger partial charge in [-0.05, 0) is 37.5 Å². The summed E-state index contributed by atoms with van der Waals surface area (Å²) in [5.74, 6) is 1.44. The van der Waals surface area contributed by atoms with E-state index in [-0.39, 0.29) is 13.0 Å². The Bertz CT molecular complexity index is 732. The number of benzene rings is 1. The first-order valence-electron chi connectivity index (χ1n) is 9.21. The van der Waals surface area contributed by atoms with Crippen LogP contribution in [0.25, 0.3) is 0 Å². The van der Waals surface area contributed by atoms with Gasteiger partial charge >= 0.3 is 0 Å². The van der Waals surface area contributed by atoms with E-state index in [1.54, 1.807) is 26.0 Å². The number of hydrogen-bond acceptors (Lipinski definition) is 8. The van der Waals surface area contributed by atoms with Crippen LogP contribution in [0.1, 0.15) is 44.8 Å². The molecule has 1 aromatic rings. The number of rotatable bonds is 10. The Balaban J connectivity index is 2.33. The highest BCUT2D eigenvalue weighted by Gasteiger charge is 2.51. The van der Waals surface area contributed by atoms with Crippen LogP contribution in [0.15, 0.2) is 12.1 Å². The van der Waals surface area contributed by atoms with Crippen molar-refractivity contribution in [2.45, 2.75) is 49.8 Å². The summed E-state index contributed by atoms with van der Waals surface area (Å²) in [4.78, 5) is 0. The number of hydrogen-bond donors (Lipinski definition) is 0. The van der Waals surface area contributed by atoms with Gasteiger partial charge in [-0.3, -0.25) is 0 Å². The molecule has 9 heteroatoms. The summed E-state index contributed by atoms with van der Waals surface area (Å²) in [6, 6.07) is 3.54. The molecule has 1 fully saturated rings. The van der Waals surface area contributed by atoms with Crippen molar-refractivity contribution in [2.24, 2.45) is 0 Å². The van der Waals surface area contributed by atoms with Crippen molar-refractivity contribution >= 4 is 9.84 Å². The van der Waals surface area contributed by atoms with Crippen LogP contribution < -0.4 is 14.2 Å². The zero-order valence-corrected chi connectivity index (χ0v) is 18.1. The molecule has 1 aromatic carbocycles. The molecule has 0 aromatic heterocycles. The van der Waals surface area contributed by atoms with Crippen molar-refractivity contribution < 1.29 is 36.8 Å². The maximum Gasteiger partial charge on any atom is 0.276 e. The Morgan fingerprint density at radius 3 is 2.07 bits per heavy atom. The maximum absolute atomic E-state index is 13.2. The van der Waals surface area contributed by atoms with Gasteiger partial charge < -0.3 is 28.4 Å². The normalized spacial score (nSPS) is 21.9. The molecule has 0 spiro atoms. The number of ether oxygens (including phenoxy) is 6. The van der Waals surface area contributed by atoms with E-state index in [4.69, 9.17) is 28.4 Å². The molecule has 0 aliphatic carbocycles. The largest absolute Gasteiger partial charge is 0.493 e. The first kappa shape index (κ1) is 22.7. The summed E-state index contributed by atoms with van der Waals surface area (Å²) in [5, 5.41) is -1.71. The van der Waals surface area contributed by atoms with Crippen LogP contribution in [-0.2, 0) is 24.0 Å². The summed E-state index contributed by atoms with van der Waals surface area (Å²) < 4.78 is 59.2. The third-order valence-electron chi connectivity index (χ3n) is 4.93. The molecule has 1 aliphatic rings. The lowest BCUT2D eigenvalue weighted by atomic mass is 10.1. The molecule has 28 heavy (non-hydrogen) atoms. The lowest BCUT2D eigenvalue weighted by Gasteiger charge is -2.32. The van der Waals surface area contributed by atoms with E-state index >= 15 is 0 Å². The molecule has 0 N–H and O–H groups in total. The minimum Gasteiger partial charge on any atom is -0.493 e. The summed E-state index contributed by atoms with van der Waals surface area (Å²) >= 11 is 0. The molecule has 1 heterocycles. The lowest BCUT2D eigenvalue weighted by Crippen LogP contribution is -2.48. The van der Waals surface area contributed by atoms with Crippen molar-refractivity contribution in [1.29, 1.82) is 0 Å². The molecular weight excluding hydrogens is 388 g/mol. The third-order valence-corrected chi connectivity index (χ3v) is 7.41.